The SMILES string of the molecule is Cc1cc(OCC2c3ccsc3CCN2C(=O)CN(C(=O)CC(C)C)C(C)(C)C)ccc1Cl. The van der Waals surface area contributed by atoms with Crippen LogP contribution in [0.1, 0.15) is 63.1 Å². The highest BCUT2D eigenvalue weighted by Gasteiger charge is 2.36. The number of halogens is 1. The average Bonchev–Trinajstić information content (AvgIpc) is 3.20. The van der Waals surface area contributed by atoms with E-state index in [0.29, 0.717) is 24.6 Å². The van der Waals surface area contributed by atoms with Crippen molar-refractivity contribution in [2.24, 2.45) is 5.92 Å². The van der Waals surface area contributed by atoms with E-state index >= 15 is 0 Å². The van der Waals surface area contributed by atoms with Crippen molar-refractivity contribution in [3.8, 4) is 5.75 Å². The molecule has 2 heterocycles. The number of fused-ring (bicyclic) bond motifs is 1. The molecule has 2 aromatic rings. The molecule has 0 bridgehead atoms. The zero-order valence-corrected chi connectivity index (χ0v) is 22.1. The summed E-state index contributed by atoms with van der Waals surface area (Å²) < 4.78 is 6.13. The Morgan fingerprint density at radius 1 is 1.27 bits per heavy atom. The summed E-state index contributed by atoms with van der Waals surface area (Å²) in [5.74, 6) is 0.947. The van der Waals surface area contributed by atoms with Crippen molar-refractivity contribution in [2.75, 3.05) is 19.7 Å². The van der Waals surface area contributed by atoms with Gasteiger partial charge in [-0.25, -0.2) is 0 Å². The molecule has 0 saturated heterocycles. The van der Waals surface area contributed by atoms with Gasteiger partial charge in [-0.05, 0) is 80.8 Å². The Labute approximate surface area is 206 Å². The van der Waals surface area contributed by atoms with Crippen molar-refractivity contribution in [1.29, 1.82) is 0 Å². The fraction of sp³-hybridized carbons (Fsp3) is 0.538. The van der Waals surface area contributed by atoms with Crippen LogP contribution >= 0.6 is 22.9 Å². The molecule has 0 radical (unpaired) electrons. The minimum atomic E-state index is -0.433. The third kappa shape index (κ3) is 6.30. The maximum atomic E-state index is 13.6. The minimum absolute atomic E-state index is 0.0171. The van der Waals surface area contributed by atoms with Crippen molar-refractivity contribution < 1.29 is 14.3 Å². The van der Waals surface area contributed by atoms with Crippen LogP contribution in [-0.4, -0.2) is 46.8 Å². The van der Waals surface area contributed by atoms with Gasteiger partial charge in [0.1, 0.15) is 18.9 Å². The molecular weight excluding hydrogens is 456 g/mol. The van der Waals surface area contributed by atoms with Gasteiger partial charge < -0.3 is 14.5 Å². The molecule has 33 heavy (non-hydrogen) atoms. The summed E-state index contributed by atoms with van der Waals surface area (Å²) in [6.07, 6.45) is 1.26. The third-order valence-corrected chi connectivity index (χ3v) is 7.36. The highest BCUT2D eigenvalue weighted by atomic mass is 35.5. The lowest BCUT2D eigenvalue weighted by Crippen LogP contribution is -2.53. The number of hydrogen-bond acceptors (Lipinski definition) is 4. The zero-order valence-electron chi connectivity index (χ0n) is 20.5. The standard InChI is InChI=1S/C26H35ClN2O3S/c1-17(2)13-24(30)29(26(4,5)6)15-25(31)28-11-9-23-20(10-12-33-23)22(28)16-32-19-7-8-21(27)18(3)14-19/h7-8,10,12,14,17,22H,9,11,13,15-16H2,1-6H3. The van der Waals surface area contributed by atoms with Gasteiger partial charge in [-0.1, -0.05) is 25.4 Å². The Morgan fingerprint density at radius 2 is 2.00 bits per heavy atom. The second kappa shape index (κ2) is 10.5. The van der Waals surface area contributed by atoms with Crippen molar-refractivity contribution >= 4 is 34.8 Å². The van der Waals surface area contributed by atoms with Crippen LogP contribution < -0.4 is 4.74 Å². The first-order valence-corrected chi connectivity index (χ1v) is 12.8. The molecule has 5 nitrogen and oxygen atoms in total. The van der Waals surface area contributed by atoms with Crippen LogP contribution in [0.25, 0.3) is 0 Å². The quantitative estimate of drug-likeness (QED) is 0.486. The summed E-state index contributed by atoms with van der Waals surface area (Å²) in [5.41, 5.74) is 1.66. The molecule has 3 rings (SSSR count). The monoisotopic (exact) mass is 490 g/mol. The van der Waals surface area contributed by atoms with Gasteiger partial charge in [0.15, 0.2) is 0 Å². The van der Waals surface area contributed by atoms with Gasteiger partial charge in [0, 0.05) is 28.4 Å². The van der Waals surface area contributed by atoms with E-state index in [0.717, 1.165) is 23.3 Å². The highest BCUT2D eigenvalue weighted by molar-refractivity contribution is 7.10. The Kier molecular flexibility index (Phi) is 8.12. The van der Waals surface area contributed by atoms with E-state index in [1.165, 1.54) is 4.88 Å². The lowest BCUT2D eigenvalue weighted by molar-refractivity contribution is -0.147. The van der Waals surface area contributed by atoms with E-state index in [4.69, 9.17) is 16.3 Å². The molecule has 1 atom stereocenters. The third-order valence-electron chi connectivity index (χ3n) is 5.94. The maximum absolute atomic E-state index is 13.6. The number of rotatable bonds is 7. The summed E-state index contributed by atoms with van der Waals surface area (Å²) in [4.78, 5) is 31.4. The van der Waals surface area contributed by atoms with Crippen molar-refractivity contribution in [2.45, 2.75) is 66.0 Å². The first-order chi connectivity index (χ1) is 15.5. The van der Waals surface area contributed by atoms with Gasteiger partial charge in [0.05, 0.1) is 6.04 Å². The van der Waals surface area contributed by atoms with Crippen LogP contribution in [-0.2, 0) is 16.0 Å². The lowest BCUT2D eigenvalue weighted by Gasteiger charge is -2.40. The maximum Gasteiger partial charge on any atom is 0.242 e. The number of ether oxygens (including phenoxy) is 1. The number of benzene rings is 1. The minimum Gasteiger partial charge on any atom is -0.491 e. The molecule has 0 saturated carbocycles. The first kappa shape index (κ1) is 25.6. The van der Waals surface area contributed by atoms with E-state index in [9.17, 15) is 9.59 Å². The predicted molar refractivity (Wildman–Crippen MR) is 135 cm³/mol. The number of amides is 2. The fourth-order valence-corrected chi connectivity index (χ4v) is 5.19. The molecular formula is C26H35ClN2O3S. The van der Waals surface area contributed by atoms with Gasteiger partial charge >= 0.3 is 0 Å². The summed E-state index contributed by atoms with van der Waals surface area (Å²) in [6.45, 7) is 13.0. The van der Waals surface area contributed by atoms with E-state index < -0.39 is 5.54 Å². The number of carbonyl (C=O) groups is 2. The van der Waals surface area contributed by atoms with E-state index in [1.54, 1.807) is 16.2 Å². The van der Waals surface area contributed by atoms with Crippen LogP contribution in [0.2, 0.25) is 5.02 Å². The average molecular weight is 491 g/mol. The van der Waals surface area contributed by atoms with Gasteiger partial charge in [0.2, 0.25) is 11.8 Å². The molecule has 1 aromatic heterocycles. The summed E-state index contributed by atoms with van der Waals surface area (Å²) in [7, 11) is 0. The predicted octanol–water partition coefficient (Wildman–Crippen LogP) is 5.89. The summed E-state index contributed by atoms with van der Waals surface area (Å²) in [5, 5.41) is 2.77. The summed E-state index contributed by atoms with van der Waals surface area (Å²) in [6, 6.07) is 7.49. The topological polar surface area (TPSA) is 49.9 Å². The molecule has 2 amide bonds. The number of thiophene rings is 1. The van der Waals surface area contributed by atoms with E-state index in [2.05, 4.69) is 11.4 Å². The molecule has 1 unspecified atom stereocenters. The fourth-order valence-electron chi connectivity index (χ4n) is 4.14. The summed E-state index contributed by atoms with van der Waals surface area (Å²) >= 11 is 7.87. The molecule has 1 aliphatic rings. The highest BCUT2D eigenvalue weighted by Crippen LogP contribution is 2.34. The van der Waals surface area contributed by atoms with Gasteiger partial charge in [-0.2, -0.15) is 0 Å². The van der Waals surface area contributed by atoms with Crippen LogP contribution in [0.3, 0.4) is 0 Å². The number of carbonyl (C=O) groups excluding carboxylic acids is 2. The van der Waals surface area contributed by atoms with Crippen LogP contribution in [0, 0.1) is 12.8 Å². The van der Waals surface area contributed by atoms with Gasteiger partial charge in [-0.3, -0.25) is 9.59 Å². The number of nitrogens with zero attached hydrogens (tertiary/aromatic N) is 2. The Bertz CT molecular complexity index is 996. The normalized spacial score (nSPS) is 16.0. The first-order valence-electron chi connectivity index (χ1n) is 11.5. The smallest absolute Gasteiger partial charge is 0.242 e. The molecule has 0 aliphatic carbocycles. The molecule has 0 N–H and O–H groups in total. The zero-order chi connectivity index (χ0) is 24.3. The van der Waals surface area contributed by atoms with Gasteiger partial charge in [0.25, 0.3) is 0 Å². The second-order valence-electron chi connectivity index (χ2n) is 10.1. The number of aryl methyl sites for hydroxylation is 1. The van der Waals surface area contributed by atoms with Crippen LogP contribution in [0.5, 0.6) is 5.75 Å². The van der Waals surface area contributed by atoms with Crippen LogP contribution in [0.4, 0.5) is 0 Å². The Hall–Kier alpha value is -2.05. The van der Waals surface area contributed by atoms with Crippen molar-refractivity contribution in [1.82, 2.24) is 9.80 Å². The lowest BCUT2D eigenvalue weighted by atomic mass is 9.99. The molecule has 180 valence electrons. The molecule has 7 heteroatoms. The molecule has 0 fully saturated rings. The van der Waals surface area contributed by atoms with Crippen molar-refractivity contribution in [3.63, 3.8) is 0 Å². The van der Waals surface area contributed by atoms with Crippen LogP contribution in [0.15, 0.2) is 29.6 Å². The molecule has 0 spiro atoms. The van der Waals surface area contributed by atoms with Gasteiger partial charge in [-0.15, -0.1) is 11.3 Å². The molecule has 1 aromatic carbocycles. The van der Waals surface area contributed by atoms with E-state index in [-0.39, 0.29) is 30.3 Å². The molecule has 1 aliphatic heterocycles. The van der Waals surface area contributed by atoms with Crippen molar-refractivity contribution in [3.05, 3.63) is 50.7 Å². The Balaban J connectivity index is 1.80. The second-order valence-corrected chi connectivity index (χ2v) is 11.5. The van der Waals surface area contributed by atoms with E-state index in [1.807, 2.05) is 64.6 Å². The number of hydrogen-bond donors (Lipinski definition) is 0. The Morgan fingerprint density at radius 3 is 2.64 bits per heavy atom. The largest absolute Gasteiger partial charge is 0.491 e.